The second kappa shape index (κ2) is 4.85. The van der Waals surface area contributed by atoms with Gasteiger partial charge >= 0.3 is 6.03 Å². The number of hydrogen-bond donors (Lipinski definition) is 2. The molecule has 0 spiro atoms. The van der Waals surface area contributed by atoms with Crippen molar-refractivity contribution in [1.29, 1.82) is 0 Å². The molecule has 0 aliphatic heterocycles. The van der Waals surface area contributed by atoms with Gasteiger partial charge in [0, 0.05) is 0 Å². The molecule has 0 atom stereocenters. The topological polar surface area (TPSA) is 66.6 Å². The van der Waals surface area contributed by atoms with Gasteiger partial charge < -0.3 is 5.73 Å². The monoisotopic (exact) mass is 262 g/mol. The van der Waals surface area contributed by atoms with E-state index >= 15 is 0 Å². The summed E-state index contributed by atoms with van der Waals surface area (Å²) in [6.45, 7) is 6.58. The lowest BCUT2D eigenvalue weighted by molar-refractivity contribution is -0.102. The van der Waals surface area contributed by atoms with Gasteiger partial charge in [0.05, 0.1) is 6.04 Å². The predicted octanol–water partition coefficient (Wildman–Crippen LogP) is 3.00. The molecule has 2 rings (SSSR count). The van der Waals surface area contributed by atoms with Crippen LogP contribution in [-0.4, -0.2) is 22.3 Å². The molecule has 0 unspecified atom stereocenters. The predicted molar refractivity (Wildman–Crippen MR) is 74.1 cm³/mol. The summed E-state index contributed by atoms with van der Waals surface area (Å²) in [6.07, 6.45) is 1.54. The molecule has 0 saturated heterocycles. The van der Waals surface area contributed by atoms with Gasteiger partial charge in [-0.3, -0.25) is 5.21 Å². The fourth-order valence-electron chi connectivity index (χ4n) is 2.49. The van der Waals surface area contributed by atoms with Gasteiger partial charge in [-0.05, 0) is 35.3 Å². The molecule has 0 heterocycles. The Morgan fingerprint density at radius 3 is 2.21 bits per heavy atom. The average Bonchev–Trinajstić information content (AvgIpc) is 2.26. The van der Waals surface area contributed by atoms with Crippen molar-refractivity contribution in [2.24, 2.45) is 5.73 Å². The van der Waals surface area contributed by atoms with Crippen molar-refractivity contribution in [3.8, 4) is 0 Å². The summed E-state index contributed by atoms with van der Waals surface area (Å²) in [5, 5.41) is 10.1. The summed E-state index contributed by atoms with van der Waals surface area (Å²) in [7, 11) is 0. The molecule has 19 heavy (non-hydrogen) atoms. The smallest absolute Gasteiger partial charge is 0.338 e. The number of hydrogen-bond acceptors (Lipinski definition) is 2. The lowest BCUT2D eigenvalue weighted by Crippen LogP contribution is -2.47. The van der Waals surface area contributed by atoms with E-state index in [0.717, 1.165) is 12.8 Å². The number of nitrogens with two attached hydrogens (primary N) is 1. The highest BCUT2D eigenvalue weighted by atomic mass is 16.5. The minimum Gasteiger partial charge on any atom is -0.350 e. The van der Waals surface area contributed by atoms with Crippen LogP contribution >= 0.6 is 0 Å². The van der Waals surface area contributed by atoms with Crippen molar-refractivity contribution in [2.45, 2.75) is 51.0 Å². The third-order valence-corrected chi connectivity index (χ3v) is 3.93. The normalized spacial score (nSPS) is 22.7. The number of hydroxylamine groups is 2. The zero-order chi connectivity index (χ0) is 14.2. The second-order valence-electron chi connectivity index (χ2n) is 6.38. The van der Waals surface area contributed by atoms with Crippen molar-refractivity contribution in [3.05, 3.63) is 35.4 Å². The Bertz CT molecular complexity index is 456. The maximum Gasteiger partial charge on any atom is 0.338 e. The number of carbonyl (C=O) groups is 1. The Labute approximate surface area is 114 Å². The third kappa shape index (κ3) is 2.89. The number of urea groups is 1. The van der Waals surface area contributed by atoms with Crippen molar-refractivity contribution in [2.75, 3.05) is 0 Å². The first kappa shape index (κ1) is 13.9. The average molecular weight is 262 g/mol. The molecule has 1 aliphatic rings. The van der Waals surface area contributed by atoms with E-state index in [1.165, 1.54) is 11.1 Å². The summed E-state index contributed by atoms with van der Waals surface area (Å²) in [5.41, 5.74) is 7.78. The highest BCUT2D eigenvalue weighted by Gasteiger charge is 2.35. The molecule has 3 N–H and O–H groups in total. The Balaban J connectivity index is 1.97. The highest BCUT2D eigenvalue weighted by molar-refractivity contribution is 5.71. The van der Waals surface area contributed by atoms with E-state index in [1.807, 2.05) is 0 Å². The van der Waals surface area contributed by atoms with Crippen molar-refractivity contribution in [1.82, 2.24) is 5.06 Å². The van der Waals surface area contributed by atoms with Gasteiger partial charge in [-0.1, -0.05) is 45.0 Å². The zero-order valence-electron chi connectivity index (χ0n) is 11.8. The molecule has 1 saturated carbocycles. The summed E-state index contributed by atoms with van der Waals surface area (Å²) in [4.78, 5) is 10.8. The minimum absolute atomic E-state index is 0.134. The molecule has 1 fully saturated rings. The largest absolute Gasteiger partial charge is 0.350 e. The zero-order valence-corrected chi connectivity index (χ0v) is 11.8. The first-order valence-corrected chi connectivity index (χ1v) is 6.67. The van der Waals surface area contributed by atoms with Gasteiger partial charge in [0.25, 0.3) is 0 Å². The molecule has 0 radical (unpaired) electrons. The Morgan fingerprint density at radius 1 is 1.26 bits per heavy atom. The van der Waals surface area contributed by atoms with Crippen molar-refractivity contribution >= 4 is 6.03 Å². The Morgan fingerprint density at radius 2 is 1.79 bits per heavy atom. The molecule has 2 amide bonds. The SMILES string of the molecule is CC(C)(C)c1ccc(C2CC(N(O)C(N)=O)C2)cc1. The van der Waals surface area contributed by atoms with Gasteiger partial charge in [0.1, 0.15) is 0 Å². The van der Waals surface area contributed by atoms with Crippen LogP contribution in [-0.2, 0) is 5.41 Å². The first-order chi connectivity index (χ1) is 8.79. The molecule has 4 heteroatoms. The molecule has 1 aromatic rings. The second-order valence-corrected chi connectivity index (χ2v) is 6.38. The van der Waals surface area contributed by atoms with E-state index in [-0.39, 0.29) is 11.5 Å². The number of benzene rings is 1. The van der Waals surface area contributed by atoms with Crippen LogP contribution < -0.4 is 5.73 Å². The fraction of sp³-hybridized carbons (Fsp3) is 0.533. The maximum atomic E-state index is 10.8. The van der Waals surface area contributed by atoms with Gasteiger partial charge in [-0.2, -0.15) is 0 Å². The number of primary amides is 1. The van der Waals surface area contributed by atoms with Gasteiger partial charge in [0.2, 0.25) is 0 Å². The van der Waals surface area contributed by atoms with Gasteiger partial charge in [0.15, 0.2) is 0 Å². The summed E-state index contributed by atoms with van der Waals surface area (Å²) in [5.74, 6) is 0.410. The number of carbonyl (C=O) groups excluding carboxylic acids is 1. The number of amides is 2. The lowest BCUT2D eigenvalue weighted by Gasteiger charge is -2.39. The lowest BCUT2D eigenvalue weighted by atomic mass is 9.75. The number of nitrogens with zero attached hydrogens (tertiary/aromatic N) is 1. The van der Waals surface area contributed by atoms with Gasteiger partial charge in [-0.25, -0.2) is 9.86 Å². The van der Waals surface area contributed by atoms with Crippen LogP contribution in [0, 0.1) is 0 Å². The highest BCUT2D eigenvalue weighted by Crippen LogP contribution is 2.39. The maximum absolute atomic E-state index is 10.8. The molecular formula is C15H22N2O2. The molecular weight excluding hydrogens is 240 g/mol. The summed E-state index contributed by atoms with van der Waals surface area (Å²) < 4.78 is 0. The summed E-state index contributed by atoms with van der Waals surface area (Å²) >= 11 is 0. The number of rotatable bonds is 2. The van der Waals surface area contributed by atoms with Crippen LogP contribution in [0.3, 0.4) is 0 Å². The van der Waals surface area contributed by atoms with Crippen LogP contribution in [0.4, 0.5) is 4.79 Å². The molecule has 104 valence electrons. The minimum atomic E-state index is -0.772. The van der Waals surface area contributed by atoms with E-state index < -0.39 is 6.03 Å². The van der Waals surface area contributed by atoms with Crippen LogP contribution in [0.2, 0.25) is 0 Å². The van der Waals surface area contributed by atoms with Crippen LogP contribution in [0.5, 0.6) is 0 Å². The molecule has 0 bridgehead atoms. The Hall–Kier alpha value is -1.55. The standard InChI is InChI=1S/C15H22N2O2/c1-15(2,3)12-6-4-10(5-7-12)11-8-13(9-11)17(19)14(16)18/h4-7,11,13,19H,8-9H2,1-3H3,(H2,16,18). The molecule has 4 nitrogen and oxygen atoms in total. The van der Waals surface area contributed by atoms with E-state index in [2.05, 4.69) is 45.0 Å². The van der Waals surface area contributed by atoms with E-state index in [9.17, 15) is 10.0 Å². The molecule has 1 aromatic carbocycles. The van der Waals surface area contributed by atoms with E-state index in [1.54, 1.807) is 0 Å². The van der Waals surface area contributed by atoms with E-state index in [0.29, 0.717) is 11.0 Å². The fourth-order valence-corrected chi connectivity index (χ4v) is 2.49. The third-order valence-electron chi connectivity index (χ3n) is 3.93. The van der Waals surface area contributed by atoms with Crippen LogP contribution in [0.25, 0.3) is 0 Å². The van der Waals surface area contributed by atoms with Crippen LogP contribution in [0.15, 0.2) is 24.3 Å². The van der Waals surface area contributed by atoms with Crippen LogP contribution in [0.1, 0.15) is 50.7 Å². The van der Waals surface area contributed by atoms with Crippen molar-refractivity contribution < 1.29 is 10.0 Å². The quantitative estimate of drug-likeness (QED) is 0.635. The van der Waals surface area contributed by atoms with Gasteiger partial charge in [-0.15, -0.1) is 0 Å². The van der Waals surface area contributed by atoms with Crippen molar-refractivity contribution in [3.63, 3.8) is 0 Å². The summed E-state index contributed by atoms with van der Waals surface area (Å²) in [6, 6.07) is 7.71. The van der Waals surface area contributed by atoms with E-state index in [4.69, 9.17) is 5.73 Å². The molecule has 1 aliphatic carbocycles. The first-order valence-electron chi connectivity index (χ1n) is 6.67. The Kier molecular flexibility index (Phi) is 3.54. The molecule has 0 aromatic heterocycles.